The number of carbonyl (C=O) groups excluding carboxylic acids is 1. The Kier molecular flexibility index (Phi) is 3.88. The highest BCUT2D eigenvalue weighted by Crippen LogP contribution is 2.30. The largest absolute Gasteiger partial charge is 0.333 e. The van der Waals surface area contributed by atoms with Gasteiger partial charge in [-0.3, -0.25) is 14.2 Å². The average molecular weight is 343 g/mol. The second-order valence-electron chi connectivity index (χ2n) is 6.41. The monoisotopic (exact) mass is 343 g/mol. The molecular formula is C17H21N5OS. The van der Waals surface area contributed by atoms with Gasteiger partial charge in [0.05, 0.1) is 23.2 Å². The maximum Gasteiger partial charge on any atom is 0.264 e. The van der Waals surface area contributed by atoms with Gasteiger partial charge in [-0.15, -0.1) is 11.3 Å². The molecule has 0 N–H and O–H groups in total. The van der Waals surface area contributed by atoms with Gasteiger partial charge in [0.15, 0.2) is 0 Å². The molecule has 126 valence electrons. The molecule has 4 rings (SSSR count). The number of thiophene rings is 1. The number of likely N-dealkylation sites (tertiary alicyclic amines) is 1. The Hall–Kier alpha value is -2.15. The standard InChI is InChI=1S/C17H21N5OS/c1-12-14-10-15(24-17(14)20(2)19-12)16(23)22-9-4-3-6-13(22)11-21-8-5-7-18-21/h5,7-8,10,13H,3-4,6,9,11H2,1-2H3. The van der Waals surface area contributed by atoms with E-state index in [0.29, 0.717) is 0 Å². The van der Waals surface area contributed by atoms with Gasteiger partial charge in [0.25, 0.3) is 5.91 Å². The number of rotatable bonds is 3. The first-order valence-electron chi connectivity index (χ1n) is 8.35. The zero-order chi connectivity index (χ0) is 16.7. The number of aryl methyl sites for hydroxylation is 2. The molecule has 0 radical (unpaired) electrons. The number of hydrogen-bond donors (Lipinski definition) is 0. The van der Waals surface area contributed by atoms with E-state index >= 15 is 0 Å². The lowest BCUT2D eigenvalue weighted by molar-refractivity contribution is 0.0589. The van der Waals surface area contributed by atoms with Crippen LogP contribution in [0.2, 0.25) is 0 Å². The number of fused-ring (bicyclic) bond motifs is 1. The molecule has 0 spiro atoms. The van der Waals surface area contributed by atoms with Crippen molar-refractivity contribution in [3.8, 4) is 0 Å². The predicted molar refractivity (Wildman–Crippen MR) is 94.2 cm³/mol. The average Bonchev–Trinajstić information content (AvgIpc) is 3.28. The molecule has 7 heteroatoms. The SMILES string of the molecule is Cc1nn(C)c2sc(C(=O)N3CCCCC3Cn3cccn3)cc12. The Morgan fingerprint density at radius 1 is 1.42 bits per heavy atom. The molecular weight excluding hydrogens is 322 g/mol. The van der Waals surface area contributed by atoms with Crippen molar-refractivity contribution >= 4 is 27.5 Å². The lowest BCUT2D eigenvalue weighted by Gasteiger charge is -2.35. The normalized spacial score (nSPS) is 18.4. The fourth-order valence-corrected chi connectivity index (χ4v) is 4.61. The van der Waals surface area contributed by atoms with E-state index in [9.17, 15) is 4.79 Å². The second kappa shape index (κ2) is 6.05. The van der Waals surface area contributed by atoms with Crippen molar-refractivity contribution in [2.45, 2.75) is 38.8 Å². The van der Waals surface area contributed by atoms with Crippen LogP contribution in [0.5, 0.6) is 0 Å². The Morgan fingerprint density at radius 2 is 2.29 bits per heavy atom. The Balaban J connectivity index is 1.61. The lowest BCUT2D eigenvalue weighted by Crippen LogP contribution is -2.45. The third kappa shape index (κ3) is 2.62. The van der Waals surface area contributed by atoms with Gasteiger partial charge in [0.1, 0.15) is 4.83 Å². The number of hydrogen-bond acceptors (Lipinski definition) is 4. The maximum atomic E-state index is 13.1. The Bertz CT molecular complexity index is 829. The minimum atomic E-state index is 0.146. The first kappa shape index (κ1) is 15.4. The maximum absolute atomic E-state index is 13.1. The highest BCUT2D eigenvalue weighted by molar-refractivity contribution is 7.20. The molecule has 4 heterocycles. The van der Waals surface area contributed by atoms with E-state index in [1.807, 2.05) is 46.6 Å². The van der Waals surface area contributed by atoms with E-state index in [-0.39, 0.29) is 11.9 Å². The molecule has 0 aliphatic carbocycles. The van der Waals surface area contributed by atoms with Crippen LogP contribution in [-0.2, 0) is 13.6 Å². The van der Waals surface area contributed by atoms with Gasteiger partial charge in [-0.05, 0) is 38.3 Å². The predicted octanol–water partition coefficient (Wildman–Crippen LogP) is 2.83. The molecule has 1 aliphatic rings. The summed E-state index contributed by atoms with van der Waals surface area (Å²) < 4.78 is 3.79. The van der Waals surface area contributed by atoms with Gasteiger partial charge >= 0.3 is 0 Å². The zero-order valence-electron chi connectivity index (χ0n) is 14.0. The molecule has 1 amide bonds. The van der Waals surface area contributed by atoms with Crippen molar-refractivity contribution in [1.29, 1.82) is 0 Å². The first-order chi connectivity index (χ1) is 11.6. The molecule has 0 saturated carbocycles. The van der Waals surface area contributed by atoms with Crippen molar-refractivity contribution in [2.24, 2.45) is 7.05 Å². The van der Waals surface area contributed by atoms with E-state index in [0.717, 1.165) is 46.7 Å². The van der Waals surface area contributed by atoms with Crippen LogP contribution < -0.4 is 0 Å². The van der Waals surface area contributed by atoms with Gasteiger partial charge in [0, 0.05) is 31.4 Å². The Morgan fingerprint density at radius 3 is 3.04 bits per heavy atom. The van der Waals surface area contributed by atoms with Crippen LogP contribution in [0.25, 0.3) is 10.2 Å². The smallest absolute Gasteiger partial charge is 0.264 e. The fourth-order valence-electron chi connectivity index (χ4n) is 3.53. The number of nitrogens with zero attached hydrogens (tertiary/aromatic N) is 5. The van der Waals surface area contributed by atoms with Gasteiger partial charge in [-0.1, -0.05) is 0 Å². The van der Waals surface area contributed by atoms with Crippen molar-refractivity contribution in [3.63, 3.8) is 0 Å². The van der Waals surface area contributed by atoms with Crippen LogP contribution in [0.3, 0.4) is 0 Å². The molecule has 6 nitrogen and oxygen atoms in total. The summed E-state index contributed by atoms with van der Waals surface area (Å²) in [6.45, 7) is 3.59. The van der Waals surface area contributed by atoms with Crippen LogP contribution >= 0.6 is 11.3 Å². The van der Waals surface area contributed by atoms with Crippen molar-refractivity contribution < 1.29 is 4.79 Å². The molecule has 3 aromatic rings. The summed E-state index contributed by atoms with van der Waals surface area (Å²) >= 11 is 1.54. The van der Waals surface area contributed by atoms with Crippen LogP contribution in [0.4, 0.5) is 0 Å². The van der Waals surface area contributed by atoms with Gasteiger partial charge in [-0.2, -0.15) is 10.2 Å². The second-order valence-corrected chi connectivity index (χ2v) is 7.45. The number of aromatic nitrogens is 4. The third-order valence-corrected chi connectivity index (χ3v) is 5.94. The van der Waals surface area contributed by atoms with Crippen LogP contribution in [0.1, 0.15) is 34.6 Å². The minimum absolute atomic E-state index is 0.146. The molecule has 3 aromatic heterocycles. The van der Waals surface area contributed by atoms with Crippen molar-refractivity contribution in [1.82, 2.24) is 24.5 Å². The summed E-state index contributed by atoms with van der Waals surface area (Å²) in [5.74, 6) is 0.146. The van der Waals surface area contributed by atoms with Crippen molar-refractivity contribution in [3.05, 3.63) is 35.1 Å². The van der Waals surface area contributed by atoms with Gasteiger partial charge in [-0.25, -0.2) is 0 Å². The van der Waals surface area contributed by atoms with Crippen LogP contribution in [-0.4, -0.2) is 43.0 Å². The summed E-state index contributed by atoms with van der Waals surface area (Å²) in [5.41, 5.74) is 0.981. The molecule has 1 fully saturated rings. The molecule has 1 saturated heterocycles. The van der Waals surface area contributed by atoms with Crippen LogP contribution in [0, 0.1) is 6.92 Å². The molecule has 0 aromatic carbocycles. The van der Waals surface area contributed by atoms with Gasteiger partial charge < -0.3 is 4.90 Å². The summed E-state index contributed by atoms with van der Waals surface area (Å²) in [6, 6.07) is 4.15. The third-order valence-electron chi connectivity index (χ3n) is 4.75. The van der Waals surface area contributed by atoms with Gasteiger partial charge in [0.2, 0.25) is 0 Å². The summed E-state index contributed by atoms with van der Waals surface area (Å²) in [4.78, 5) is 17.0. The quantitative estimate of drug-likeness (QED) is 0.735. The highest BCUT2D eigenvalue weighted by Gasteiger charge is 2.29. The first-order valence-corrected chi connectivity index (χ1v) is 9.16. The van der Waals surface area contributed by atoms with E-state index in [4.69, 9.17) is 0 Å². The van der Waals surface area contributed by atoms with E-state index in [1.54, 1.807) is 17.5 Å². The minimum Gasteiger partial charge on any atom is -0.333 e. The number of carbonyl (C=O) groups is 1. The molecule has 1 unspecified atom stereocenters. The molecule has 1 atom stereocenters. The van der Waals surface area contributed by atoms with Crippen LogP contribution in [0.15, 0.2) is 24.5 Å². The topological polar surface area (TPSA) is 56.0 Å². The summed E-state index contributed by atoms with van der Waals surface area (Å²) in [6.07, 6.45) is 7.04. The van der Waals surface area contributed by atoms with E-state index < -0.39 is 0 Å². The summed E-state index contributed by atoms with van der Waals surface area (Å²) in [5, 5.41) is 9.80. The van der Waals surface area contributed by atoms with E-state index in [2.05, 4.69) is 10.2 Å². The number of amides is 1. The fraction of sp³-hybridized carbons (Fsp3) is 0.471. The molecule has 24 heavy (non-hydrogen) atoms. The van der Waals surface area contributed by atoms with Crippen molar-refractivity contribution in [2.75, 3.05) is 6.54 Å². The molecule has 1 aliphatic heterocycles. The summed E-state index contributed by atoms with van der Waals surface area (Å²) in [7, 11) is 1.93. The molecule has 0 bridgehead atoms. The van der Waals surface area contributed by atoms with E-state index in [1.165, 1.54) is 6.42 Å². The Labute approximate surface area is 144 Å². The number of piperidine rings is 1. The lowest BCUT2D eigenvalue weighted by atomic mass is 10.0. The highest BCUT2D eigenvalue weighted by atomic mass is 32.1. The zero-order valence-corrected chi connectivity index (χ0v) is 14.8.